The van der Waals surface area contributed by atoms with Crippen LogP contribution in [0.3, 0.4) is 0 Å². The van der Waals surface area contributed by atoms with Crippen molar-refractivity contribution in [1.82, 2.24) is 9.78 Å². The molecular formula is C13H22N2O2. The summed E-state index contributed by atoms with van der Waals surface area (Å²) < 4.78 is 7.67. The lowest BCUT2D eigenvalue weighted by Gasteiger charge is -2.43. The molecule has 2 heterocycles. The third kappa shape index (κ3) is 2.24. The van der Waals surface area contributed by atoms with Gasteiger partial charge in [0.25, 0.3) is 0 Å². The van der Waals surface area contributed by atoms with Crippen LogP contribution < -0.4 is 0 Å². The van der Waals surface area contributed by atoms with Gasteiger partial charge in [0.15, 0.2) is 0 Å². The number of ether oxygens (including phenoxy) is 1. The van der Waals surface area contributed by atoms with Gasteiger partial charge in [-0.3, -0.25) is 4.68 Å². The molecule has 0 aliphatic carbocycles. The molecule has 96 valence electrons. The molecule has 1 aliphatic rings. The minimum Gasteiger partial charge on any atom is -0.383 e. The largest absolute Gasteiger partial charge is 0.383 e. The van der Waals surface area contributed by atoms with Crippen molar-refractivity contribution >= 4 is 0 Å². The van der Waals surface area contributed by atoms with Crippen LogP contribution in [0.5, 0.6) is 0 Å². The molecule has 1 aliphatic heterocycles. The van der Waals surface area contributed by atoms with Crippen molar-refractivity contribution in [3.8, 4) is 0 Å². The maximum atomic E-state index is 10.9. The minimum atomic E-state index is -0.796. The summed E-state index contributed by atoms with van der Waals surface area (Å²) in [6.07, 6.45) is 3.96. The van der Waals surface area contributed by atoms with Crippen LogP contribution in [-0.4, -0.2) is 27.1 Å². The van der Waals surface area contributed by atoms with Crippen molar-refractivity contribution in [3.63, 3.8) is 0 Å². The average Bonchev–Trinajstić information content (AvgIpc) is 2.77. The molecule has 2 unspecified atom stereocenters. The highest BCUT2D eigenvalue weighted by atomic mass is 16.5. The topological polar surface area (TPSA) is 47.3 Å². The first kappa shape index (κ1) is 12.6. The fraction of sp³-hybridized carbons (Fsp3) is 0.769. The van der Waals surface area contributed by atoms with E-state index in [0.29, 0.717) is 19.4 Å². The van der Waals surface area contributed by atoms with Gasteiger partial charge in [0.05, 0.1) is 17.9 Å². The number of nitrogens with zero attached hydrogens (tertiary/aromatic N) is 2. The van der Waals surface area contributed by atoms with Crippen LogP contribution in [-0.2, 0) is 16.9 Å². The van der Waals surface area contributed by atoms with Crippen LogP contribution in [0.4, 0.5) is 0 Å². The average molecular weight is 238 g/mol. The standard InChI is InChI=1S/C13H22N2O2/c1-4-12(3)10-13(16,7-9-17-12)11-6-8-14-15(11)5-2/h6,8,16H,4-5,7,9-10H2,1-3H3. The molecule has 4 nitrogen and oxygen atoms in total. The van der Waals surface area contributed by atoms with Gasteiger partial charge < -0.3 is 9.84 Å². The van der Waals surface area contributed by atoms with E-state index in [9.17, 15) is 5.11 Å². The summed E-state index contributed by atoms with van der Waals surface area (Å²) in [4.78, 5) is 0. The van der Waals surface area contributed by atoms with Gasteiger partial charge >= 0.3 is 0 Å². The maximum Gasteiger partial charge on any atom is 0.111 e. The fourth-order valence-electron chi connectivity index (χ4n) is 2.65. The van der Waals surface area contributed by atoms with Crippen LogP contribution in [0.15, 0.2) is 12.3 Å². The Bertz CT molecular complexity index is 391. The molecule has 0 saturated carbocycles. The van der Waals surface area contributed by atoms with E-state index in [-0.39, 0.29) is 5.60 Å². The Balaban J connectivity index is 2.30. The normalized spacial score (nSPS) is 33.9. The SMILES string of the molecule is CCn1nccc1C1(O)CCOC(C)(CC)C1. The third-order valence-corrected chi connectivity index (χ3v) is 3.87. The molecule has 1 N–H and O–H groups in total. The Hall–Kier alpha value is -0.870. The lowest BCUT2D eigenvalue weighted by molar-refractivity contribution is -0.160. The Morgan fingerprint density at radius 1 is 1.53 bits per heavy atom. The molecule has 0 spiro atoms. The van der Waals surface area contributed by atoms with Gasteiger partial charge in [-0.05, 0) is 26.3 Å². The second-order valence-corrected chi connectivity index (χ2v) is 5.14. The predicted octanol–water partition coefficient (Wildman–Crippen LogP) is 2.07. The van der Waals surface area contributed by atoms with Crippen molar-refractivity contribution in [1.29, 1.82) is 0 Å². The highest BCUT2D eigenvalue weighted by Gasteiger charge is 2.43. The smallest absolute Gasteiger partial charge is 0.111 e. The fourth-order valence-corrected chi connectivity index (χ4v) is 2.65. The zero-order valence-corrected chi connectivity index (χ0v) is 10.9. The Kier molecular flexibility index (Phi) is 3.27. The van der Waals surface area contributed by atoms with Crippen molar-refractivity contribution in [2.24, 2.45) is 0 Å². The molecule has 2 atom stereocenters. The Morgan fingerprint density at radius 2 is 2.29 bits per heavy atom. The molecular weight excluding hydrogens is 216 g/mol. The molecule has 4 heteroatoms. The summed E-state index contributed by atoms with van der Waals surface area (Å²) in [5, 5.41) is 15.1. The van der Waals surface area contributed by atoms with Gasteiger partial charge in [-0.1, -0.05) is 6.92 Å². The highest BCUT2D eigenvalue weighted by Crippen LogP contribution is 2.40. The number of hydrogen-bond acceptors (Lipinski definition) is 3. The van der Waals surface area contributed by atoms with Gasteiger partial charge in [-0.15, -0.1) is 0 Å². The van der Waals surface area contributed by atoms with E-state index >= 15 is 0 Å². The number of rotatable bonds is 3. The molecule has 0 aromatic carbocycles. The zero-order valence-electron chi connectivity index (χ0n) is 10.9. The molecule has 1 aromatic rings. The van der Waals surface area contributed by atoms with Crippen molar-refractivity contribution in [3.05, 3.63) is 18.0 Å². The van der Waals surface area contributed by atoms with Gasteiger partial charge in [-0.25, -0.2) is 0 Å². The van der Waals surface area contributed by atoms with Gasteiger partial charge in [0, 0.05) is 25.6 Å². The summed E-state index contributed by atoms with van der Waals surface area (Å²) in [7, 11) is 0. The second-order valence-electron chi connectivity index (χ2n) is 5.14. The zero-order chi connectivity index (χ0) is 12.5. The first-order valence-corrected chi connectivity index (χ1v) is 6.41. The van der Waals surface area contributed by atoms with Crippen LogP contribution in [0.2, 0.25) is 0 Å². The Labute approximate surface area is 103 Å². The first-order valence-electron chi connectivity index (χ1n) is 6.41. The van der Waals surface area contributed by atoms with E-state index in [0.717, 1.165) is 18.7 Å². The number of aliphatic hydroxyl groups is 1. The van der Waals surface area contributed by atoms with E-state index in [1.807, 2.05) is 17.7 Å². The van der Waals surface area contributed by atoms with Crippen LogP contribution >= 0.6 is 0 Å². The summed E-state index contributed by atoms with van der Waals surface area (Å²) >= 11 is 0. The summed E-state index contributed by atoms with van der Waals surface area (Å²) in [6.45, 7) is 7.61. The van der Waals surface area contributed by atoms with E-state index in [1.54, 1.807) is 6.20 Å². The van der Waals surface area contributed by atoms with Crippen LogP contribution in [0, 0.1) is 0 Å². The van der Waals surface area contributed by atoms with E-state index in [4.69, 9.17) is 4.74 Å². The molecule has 0 amide bonds. The van der Waals surface area contributed by atoms with Gasteiger partial charge in [0.1, 0.15) is 5.60 Å². The third-order valence-electron chi connectivity index (χ3n) is 3.87. The van der Waals surface area contributed by atoms with E-state index in [2.05, 4.69) is 18.9 Å². The summed E-state index contributed by atoms with van der Waals surface area (Å²) in [5.74, 6) is 0. The number of aromatic nitrogens is 2. The maximum absolute atomic E-state index is 10.9. The Morgan fingerprint density at radius 3 is 2.94 bits per heavy atom. The molecule has 1 aromatic heterocycles. The van der Waals surface area contributed by atoms with E-state index in [1.165, 1.54) is 0 Å². The molecule has 1 saturated heterocycles. The monoisotopic (exact) mass is 238 g/mol. The second kappa shape index (κ2) is 4.42. The predicted molar refractivity (Wildman–Crippen MR) is 65.7 cm³/mol. The molecule has 1 fully saturated rings. The summed E-state index contributed by atoms with van der Waals surface area (Å²) in [5.41, 5.74) is -0.103. The van der Waals surface area contributed by atoms with Crippen molar-refractivity contribution in [2.45, 2.75) is 57.8 Å². The lowest BCUT2D eigenvalue weighted by Crippen LogP contribution is -2.46. The quantitative estimate of drug-likeness (QED) is 0.877. The molecule has 0 bridgehead atoms. The van der Waals surface area contributed by atoms with Crippen LogP contribution in [0.1, 0.15) is 45.7 Å². The molecule has 0 radical (unpaired) electrons. The first-order chi connectivity index (χ1) is 8.03. The van der Waals surface area contributed by atoms with Crippen molar-refractivity contribution in [2.75, 3.05) is 6.61 Å². The highest BCUT2D eigenvalue weighted by molar-refractivity contribution is 5.14. The van der Waals surface area contributed by atoms with Gasteiger partial charge in [0.2, 0.25) is 0 Å². The molecule has 17 heavy (non-hydrogen) atoms. The van der Waals surface area contributed by atoms with Crippen LogP contribution in [0.25, 0.3) is 0 Å². The summed E-state index contributed by atoms with van der Waals surface area (Å²) in [6, 6.07) is 1.92. The van der Waals surface area contributed by atoms with E-state index < -0.39 is 5.60 Å². The number of hydrogen-bond donors (Lipinski definition) is 1. The molecule has 2 rings (SSSR count). The van der Waals surface area contributed by atoms with Gasteiger partial charge in [-0.2, -0.15) is 5.10 Å². The lowest BCUT2D eigenvalue weighted by atomic mass is 9.80. The number of aryl methyl sites for hydroxylation is 1. The minimum absolute atomic E-state index is 0.226. The van der Waals surface area contributed by atoms with Crippen molar-refractivity contribution < 1.29 is 9.84 Å².